The molecule has 1 aliphatic carbocycles. The van der Waals surface area contributed by atoms with Gasteiger partial charge in [0.25, 0.3) is 0 Å². The minimum Gasteiger partial charge on any atom is -0.448 e. The Hall–Kier alpha value is -1.29. The van der Waals surface area contributed by atoms with Gasteiger partial charge in [0.15, 0.2) is 0 Å². The number of hydrogen-bond donors (Lipinski definition) is 2. The number of hydrogen-bond acceptors (Lipinski definition) is 3. The molecule has 4 nitrogen and oxygen atoms in total. The normalized spacial score (nSPS) is 17.4. The molecule has 1 atom stereocenters. The minimum atomic E-state index is -0.770. The molecule has 1 aliphatic rings. The molecule has 0 bridgehead atoms. The van der Waals surface area contributed by atoms with Crippen LogP contribution in [0.25, 0.3) is 0 Å². The van der Waals surface area contributed by atoms with Crippen LogP contribution in [0.3, 0.4) is 0 Å². The van der Waals surface area contributed by atoms with Gasteiger partial charge in [-0.15, -0.1) is 0 Å². The SMILES string of the molecule is NC(=O)OCC(N)CC1=CCCC=C1. The van der Waals surface area contributed by atoms with Crippen molar-refractivity contribution in [1.82, 2.24) is 0 Å². The second-order valence-electron chi connectivity index (χ2n) is 3.35. The third-order valence-electron chi connectivity index (χ3n) is 2.01. The molecular formula is C10H16N2O2. The van der Waals surface area contributed by atoms with E-state index in [0.29, 0.717) is 0 Å². The van der Waals surface area contributed by atoms with Crippen molar-refractivity contribution in [2.75, 3.05) is 6.61 Å². The number of carbonyl (C=O) groups is 1. The molecule has 1 rings (SSSR count). The highest BCUT2D eigenvalue weighted by atomic mass is 16.5. The number of ether oxygens (including phenoxy) is 1. The maximum atomic E-state index is 10.3. The van der Waals surface area contributed by atoms with Crippen LogP contribution in [0.1, 0.15) is 19.3 Å². The second-order valence-corrected chi connectivity index (χ2v) is 3.35. The fourth-order valence-corrected chi connectivity index (χ4v) is 1.37. The van der Waals surface area contributed by atoms with Gasteiger partial charge in [0, 0.05) is 6.04 Å². The summed E-state index contributed by atoms with van der Waals surface area (Å²) in [7, 11) is 0. The van der Waals surface area contributed by atoms with E-state index in [1.165, 1.54) is 5.57 Å². The van der Waals surface area contributed by atoms with Crippen LogP contribution in [-0.2, 0) is 4.74 Å². The lowest BCUT2D eigenvalue weighted by Crippen LogP contribution is -2.29. The van der Waals surface area contributed by atoms with Gasteiger partial charge in [-0.3, -0.25) is 0 Å². The lowest BCUT2D eigenvalue weighted by atomic mass is 10.0. The van der Waals surface area contributed by atoms with Gasteiger partial charge in [0.2, 0.25) is 0 Å². The van der Waals surface area contributed by atoms with Crippen LogP contribution >= 0.6 is 0 Å². The van der Waals surface area contributed by atoms with Crippen LogP contribution in [0.2, 0.25) is 0 Å². The first-order valence-corrected chi connectivity index (χ1v) is 4.72. The zero-order valence-electron chi connectivity index (χ0n) is 8.11. The third kappa shape index (κ3) is 4.09. The van der Waals surface area contributed by atoms with Crippen molar-refractivity contribution in [3.8, 4) is 0 Å². The van der Waals surface area contributed by atoms with Crippen molar-refractivity contribution < 1.29 is 9.53 Å². The standard InChI is InChI=1S/C10H16N2O2/c11-9(7-14-10(12)13)6-8-4-2-1-3-5-8/h2,4-5,9H,1,3,6-7,11H2,(H2,12,13). The zero-order chi connectivity index (χ0) is 10.4. The highest BCUT2D eigenvalue weighted by Crippen LogP contribution is 2.14. The van der Waals surface area contributed by atoms with E-state index < -0.39 is 6.09 Å². The lowest BCUT2D eigenvalue weighted by Gasteiger charge is -2.13. The van der Waals surface area contributed by atoms with Crippen molar-refractivity contribution in [2.45, 2.75) is 25.3 Å². The number of nitrogens with two attached hydrogens (primary N) is 2. The van der Waals surface area contributed by atoms with E-state index in [1.807, 2.05) is 0 Å². The van der Waals surface area contributed by atoms with Crippen molar-refractivity contribution in [3.63, 3.8) is 0 Å². The van der Waals surface area contributed by atoms with Crippen LogP contribution in [-0.4, -0.2) is 18.7 Å². The van der Waals surface area contributed by atoms with Crippen LogP contribution < -0.4 is 11.5 Å². The molecule has 0 fully saturated rings. The highest BCUT2D eigenvalue weighted by Gasteiger charge is 2.07. The maximum Gasteiger partial charge on any atom is 0.404 e. The number of primary amides is 1. The quantitative estimate of drug-likeness (QED) is 0.706. The minimum absolute atomic E-state index is 0.170. The molecule has 1 amide bonds. The van der Waals surface area contributed by atoms with Gasteiger partial charge in [-0.2, -0.15) is 0 Å². The topological polar surface area (TPSA) is 78.3 Å². The third-order valence-corrected chi connectivity index (χ3v) is 2.01. The average molecular weight is 196 g/mol. The first-order valence-electron chi connectivity index (χ1n) is 4.72. The predicted octanol–water partition coefficient (Wildman–Crippen LogP) is 1.08. The first-order chi connectivity index (χ1) is 6.68. The largest absolute Gasteiger partial charge is 0.448 e. The number of rotatable bonds is 4. The Balaban J connectivity index is 2.25. The molecular weight excluding hydrogens is 180 g/mol. The van der Waals surface area contributed by atoms with E-state index in [-0.39, 0.29) is 12.6 Å². The number of carbonyl (C=O) groups excluding carboxylic acids is 1. The predicted molar refractivity (Wildman–Crippen MR) is 54.6 cm³/mol. The fourth-order valence-electron chi connectivity index (χ4n) is 1.37. The molecule has 4 N–H and O–H groups in total. The van der Waals surface area contributed by atoms with Gasteiger partial charge in [0.05, 0.1) is 0 Å². The Labute approximate surface area is 83.6 Å². The molecule has 78 valence electrons. The summed E-state index contributed by atoms with van der Waals surface area (Å²) in [6, 6.07) is -0.170. The van der Waals surface area contributed by atoms with Crippen molar-refractivity contribution >= 4 is 6.09 Å². The Bertz CT molecular complexity index is 259. The molecule has 4 heteroatoms. The summed E-state index contributed by atoms with van der Waals surface area (Å²) in [5.41, 5.74) is 11.8. The zero-order valence-corrected chi connectivity index (χ0v) is 8.11. The second kappa shape index (κ2) is 5.44. The van der Waals surface area contributed by atoms with Gasteiger partial charge in [0.1, 0.15) is 6.61 Å². The van der Waals surface area contributed by atoms with Gasteiger partial charge in [-0.1, -0.05) is 23.8 Å². The molecule has 0 aromatic rings. The number of allylic oxidation sites excluding steroid dienone is 3. The van der Waals surface area contributed by atoms with E-state index in [4.69, 9.17) is 11.5 Å². The molecule has 1 unspecified atom stereocenters. The summed E-state index contributed by atoms with van der Waals surface area (Å²) in [5, 5.41) is 0. The van der Waals surface area contributed by atoms with E-state index >= 15 is 0 Å². The molecule has 0 aliphatic heterocycles. The summed E-state index contributed by atoms with van der Waals surface area (Å²) in [6.45, 7) is 0.181. The summed E-state index contributed by atoms with van der Waals surface area (Å²) in [5.74, 6) is 0. The van der Waals surface area contributed by atoms with Gasteiger partial charge < -0.3 is 16.2 Å². The summed E-state index contributed by atoms with van der Waals surface area (Å²) in [6.07, 6.45) is 8.46. The first kappa shape index (κ1) is 10.8. The molecule has 0 radical (unpaired) electrons. The molecule has 0 aromatic carbocycles. The Morgan fingerprint density at radius 1 is 1.57 bits per heavy atom. The maximum absolute atomic E-state index is 10.3. The number of amides is 1. The smallest absolute Gasteiger partial charge is 0.404 e. The van der Waals surface area contributed by atoms with Crippen molar-refractivity contribution in [3.05, 3.63) is 23.8 Å². The van der Waals surface area contributed by atoms with E-state index in [1.54, 1.807) is 0 Å². The molecule has 0 saturated carbocycles. The molecule has 0 aromatic heterocycles. The highest BCUT2D eigenvalue weighted by molar-refractivity contribution is 5.64. The summed E-state index contributed by atoms with van der Waals surface area (Å²) in [4.78, 5) is 10.3. The van der Waals surface area contributed by atoms with Gasteiger partial charge in [-0.25, -0.2) is 4.79 Å². The molecule has 0 saturated heterocycles. The van der Waals surface area contributed by atoms with Crippen molar-refractivity contribution in [2.24, 2.45) is 11.5 Å². The lowest BCUT2D eigenvalue weighted by molar-refractivity contribution is 0.149. The van der Waals surface area contributed by atoms with E-state index in [2.05, 4.69) is 23.0 Å². The molecule has 14 heavy (non-hydrogen) atoms. The average Bonchev–Trinajstić information content (AvgIpc) is 2.16. The Morgan fingerprint density at radius 3 is 2.93 bits per heavy atom. The van der Waals surface area contributed by atoms with Crippen LogP contribution in [0.4, 0.5) is 4.79 Å². The van der Waals surface area contributed by atoms with E-state index in [9.17, 15) is 4.79 Å². The van der Waals surface area contributed by atoms with E-state index in [0.717, 1.165) is 19.3 Å². The van der Waals surface area contributed by atoms with Gasteiger partial charge in [-0.05, 0) is 19.3 Å². The van der Waals surface area contributed by atoms with Crippen LogP contribution in [0.15, 0.2) is 23.8 Å². The fraction of sp³-hybridized carbons (Fsp3) is 0.500. The summed E-state index contributed by atoms with van der Waals surface area (Å²) < 4.78 is 4.61. The van der Waals surface area contributed by atoms with Gasteiger partial charge >= 0.3 is 6.09 Å². The Kier molecular flexibility index (Phi) is 4.19. The van der Waals surface area contributed by atoms with Crippen molar-refractivity contribution in [1.29, 1.82) is 0 Å². The van der Waals surface area contributed by atoms with Crippen LogP contribution in [0, 0.1) is 0 Å². The molecule has 0 heterocycles. The summed E-state index contributed by atoms with van der Waals surface area (Å²) >= 11 is 0. The Morgan fingerprint density at radius 2 is 2.36 bits per heavy atom. The van der Waals surface area contributed by atoms with Crippen LogP contribution in [0.5, 0.6) is 0 Å². The molecule has 0 spiro atoms. The monoisotopic (exact) mass is 196 g/mol.